The molecule has 1 fully saturated rings. The van der Waals surface area contributed by atoms with Crippen LogP contribution in [0.2, 0.25) is 0 Å². The highest BCUT2D eigenvalue weighted by Gasteiger charge is 2.35. The zero-order valence-corrected chi connectivity index (χ0v) is 16.3. The van der Waals surface area contributed by atoms with Gasteiger partial charge in [0.15, 0.2) is 0 Å². The normalized spacial score (nSPS) is 16.1. The molecular formula is C22H22N4O3. The van der Waals surface area contributed by atoms with Crippen LogP contribution in [0.15, 0.2) is 60.8 Å². The number of anilines is 2. The quantitative estimate of drug-likeness (QED) is 0.726. The molecule has 0 spiro atoms. The van der Waals surface area contributed by atoms with Gasteiger partial charge in [-0.1, -0.05) is 12.1 Å². The largest absolute Gasteiger partial charge is 0.497 e. The van der Waals surface area contributed by atoms with Crippen molar-refractivity contribution < 1.29 is 14.3 Å². The van der Waals surface area contributed by atoms with Crippen molar-refractivity contribution in [1.29, 1.82) is 0 Å². The average molecular weight is 390 g/mol. The van der Waals surface area contributed by atoms with Crippen LogP contribution in [0.25, 0.3) is 5.69 Å². The Bertz CT molecular complexity index is 1060. The van der Waals surface area contributed by atoms with E-state index in [2.05, 4.69) is 10.4 Å². The smallest absolute Gasteiger partial charge is 0.229 e. The average Bonchev–Trinajstić information content (AvgIpc) is 3.34. The molecule has 0 unspecified atom stereocenters. The molecule has 2 aromatic carbocycles. The van der Waals surface area contributed by atoms with Crippen molar-refractivity contribution >= 4 is 23.2 Å². The van der Waals surface area contributed by atoms with E-state index in [1.165, 1.54) is 0 Å². The van der Waals surface area contributed by atoms with Gasteiger partial charge in [-0.2, -0.15) is 5.10 Å². The number of carbonyl (C=O) groups is 2. The third-order valence-corrected chi connectivity index (χ3v) is 5.05. The molecule has 1 N–H and O–H groups in total. The summed E-state index contributed by atoms with van der Waals surface area (Å²) in [4.78, 5) is 26.9. The Morgan fingerprint density at radius 2 is 1.93 bits per heavy atom. The van der Waals surface area contributed by atoms with Gasteiger partial charge in [0.1, 0.15) is 5.75 Å². The summed E-state index contributed by atoms with van der Waals surface area (Å²) in [7, 11) is 1.58. The lowest BCUT2D eigenvalue weighted by atomic mass is 10.1. The molecule has 7 nitrogen and oxygen atoms in total. The maximum atomic E-state index is 12.8. The second-order valence-corrected chi connectivity index (χ2v) is 7.03. The minimum atomic E-state index is -0.413. The van der Waals surface area contributed by atoms with E-state index < -0.39 is 5.92 Å². The third kappa shape index (κ3) is 3.85. The molecule has 7 heteroatoms. The van der Waals surface area contributed by atoms with Crippen LogP contribution >= 0.6 is 0 Å². The van der Waals surface area contributed by atoms with Gasteiger partial charge in [0, 0.05) is 42.3 Å². The predicted molar refractivity (Wildman–Crippen MR) is 110 cm³/mol. The number of nitrogens with one attached hydrogen (secondary N) is 1. The summed E-state index contributed by atoms with van der Waals surface area (Å²) in [6.07, 6.45) is 1.92. The maximum absolute atomic E-state index is 12.8. The molecule has 1 aliphatic heterocycles. The number of benzene rings is 2. The van der Waals surface area contributed by atoms with Crippen molar-refractivity contribution in [3.8, 4) is 11.4 Å². The molecule has 0 radical (unpaired) electrons. The molecule has 0 saturated carbocycles. The van der Waals surface area contributed by atoms with Crippen LogP contribution < -0.4 is 15.0 Å². The van der Waals surface area contributed by atoms with E-state index in [-0.39, 0.29) is 18.2 Å². The molecule has 148 valence electrons. The number of nitrogens with zero attached hydrogens (tertiary/aromatic N) is 3. The van der Waals surface area contributed by atoms with Crippen molar-refractivity contribution in [3.05, 3.63) is 66.5 Å². The molecule has 0 aliphatic carbocycles. The summed E-state index contributed by atoms with van der Waals surface area (Å²) in [5.74, 6) is 0.0233. The van der Waals surface area contributed by atoms with Crippen LogP contribution in [-0.2, 0) is 9.59 Å². The third-order valence-electron chi connectivity index (χ3n) is 5.05. The van der Waals surface area contributed by atoms with E-state index in [0.717, 1.165) is 17.1 Å². The topological polar surface area (TPSA) is 76.5 Å². The van der Waals surface area contributed by atoms with Crippen molar-refractivity contribution in [3.63, 3.8) is 0 Å². The molecule has 1 atom stereocenters. The Labute approximate surface area is 168 Å². The monoisotopic (exact) mass is 390 g/mol. The summed E-state index contributed by atoms with van der Waals surface area (Å²) >= 11 is 0. The highest BCUT2D eigenvalue weighted by Crippen LogP contribution is 2.28. The Kier molecular flexibility index (Phi) is 5.03. The Morgan fingerprint density at radius 3 is 2.69 bits per heavy atom. The lowest BCUT2D eigenvalue weighted by Gasteiger charge is -2.17. The summed E-state index contributed by atoms with van der Waals surface area (Å²) in [6.45, 7) is 2.31. The van der Waals surface area contributed by atoms with Crippen molar-refractivity contribution in [2.45, 2.75) is 13.3 Å². The van der Waals surface area contributed by atoms with Gasteiger partial charge in [-0.15, -0.1) is 0 Å². The van der Waals surface area contributed by atoms with Gasteiger partial charge in [0.05, 0.1) is 18.7 Å². The van der Waals surface area contributed by atoms with E-state index in [9.17, 15) is 9.59 Å². The zero-order chi connectivity index (χ0) is 20.4. The lowest BCUT2D eigenvalue weighted by Crippen LogP contribution is -2.28. The first-order valence-electron chi connectivity index (χ1n) is 9.41. The molecule has 2 heterocycles. The van der Waals surface area contributed by atoms with Gasteiger partial charge in [0.25, 0.3) is 0 Å². The molecule has 4 rings (SSSR count). The summed E-state index contributed by atoms with van der Waals surface area (Å²) in [5, 5.41) is 7.23. The number of aryl methyl sites for hydroxylation is 1. The van der Waals surface area contributed by atoms with Crippen LogP contribution in [0.4, 0.5) is 11.4 Å². The number of amides is 2. The maximum Gasteiger partial charge on any atom is 0.229 e. The summed E-state index contributed by atoms with van der Waals surface area (Å²) in [5.41, 5.74) is 3.28. The molecule has 1 saturated heterocycles. The van der Waals surface area contributed by atoms with Crippen LogP contribution in [0.5, 0.6) is 5.75 Å². The second kappa shape index (κ2) is 7.79. The van der Waals surface area contributed by atoms with Gasteiger partial charge in [-0.25, -0.2) is 4.68 Å². The van der Waals surface area contributed by atoms with Crippen LogP contribution in [0.1, 0.15) is 12.1 Å². The highest BCUT2D eigenvalue weighted by atomic mass is 16.5. The Balaban J connectivity index is 1.47. The van der Waals surface area contributed by atoms with Gasteiger partial charge in [0.2, 0.25) is 11.8 Å². The Morgan fingerprint density at radius 1 is 1.14 bits per heavy atom. The van der Waals surface area contributed by atoms with Gasteiger partial charge < -0.3 is 15.0 Å². The van der Waals surface area contributed by atoms with Gasteiger partial charge >= 0.3 is 0 Å². The van der Waals surface area contributed by atoms with Gasteiger partial charge in [-0.3, -0.25) is 9.59 Å². The van der Waals surface area contributed by atoms with E-state index in [1.54, 1.807) is 29.0 Å². The number of rotatable bonds is 5. The highest BCUT2D eigenvalue weighted by molar-refractivity contribution is 6.03. The molecule has 3 aromatic rings. The van der Waals surface area contributed by atoms with Crippen LogP contribution in [0, 0.1) is 12.8 Å². The minimum absolute atomic E-state index is 0.0701. The van der Waals surface area contributed by atoms with E-state index in [0.29, 0.717) is 18.0 Å². The van der Waals surface area contributed by atoms with Crippen molar-refractivity contribution in [2.24, 2.45) is 5.92 Å². The number of carbonyl (C=O) groups excluding carboxylic acids is 2. The summed E-state index contributed by atoms with van der Waals surface area (Å²) in [6, 6.07) is 16.7. The fraction of sp³-hybridized carbons (Fsp3) is 0.227. The first-order chi connectivity index (χ1) is 14.0. The molecule has 29 heavy (non-hydrogen) atoms. The molecular weight excluding hydrogens is 368 g/mol. The molecule has 0 bridgehead atoms. The number of methoxy groups -OCH3 is 1. The second-order valence-electron chi connectivity index (χ2n) is 7.03. The van der Waals surface area contributed by atoms with Gasteiger partial charge in [-0.05, 0) is 43.3 Å². The number of hydrogen-bond acceptors (Lipinski definition) is 4. The lowest BCUT2D eigenvalue weighted by molar-refractivity contribution is -0.122. The van der Waals surface area contributed by atoms with Crippen molar-refractivity contribution in [1.82, 2.24) is 9.78 Å². The first-order valence-corrected chi connectivity index (χ1v) is 9.41. The number of ether oxygens (including phenoxy) is 1. The summed E-state index contributed by atoms with van der Waals surface area (Å²) < 4.78 is 7.03. The zero-order valence-electron chi connectivity index (χ0n) is 16.3. The Hall–Kier alpha value is -3.61. The standard InChI is InChI=1S/C22H22N4O3/c1-15-9-10-23-26(15)19-7-3-5-17(12-19)24-22(28)16-11-21(27)25(14-16)18-6-4-8-20(13-18)29-2/h3-10,12-13,16H,11,14H2,1-2H3,(H,24,28)/t16-/m0/s1. The minimum Gasteiger partial charge on any atom is -0.497 e. The fourth-order valence-electron chi connectivity index (χ4n) is 3.51. The number of aromatic nitrogens is 2. The predicted octanol–water partition coefficient (Wildman–Crippen LogP) is 3.18. The van der Waals surface area contributed by atoms with E-state index in [4.69, 9.17) is 4.74 Å². The number of hydrogen-bond donors (Lipinski definition) is 1. The van der Waals surface area contributed by atoms with Crippen LogP contribution in [0.3, 0.4) is 0 Å². The van der Waals surface area contributed by atoms with E-state index >= 15 is 0 Å². The SMILES string of the molecule is COc1cccc(N2C[C@@H](C(=O)Nc3cccc(-n4nccc4C)c3)CC2=O)c1. The fourth-order valence-corrected chi connectivity index (χ4v) is 3.51. The van der Waals surface area contributed by atoms with Crippen molar-refractivity contribution in [2.75, 3.05) is 23.9 Å². The molecule has 1 aliphatic rings. The molecule has 1 aromatic heterocycles. The first kappa shape index (κ1) is 18.7. The molecule has 2 amide bonds. The van der Waals surface area contributed by atoms with E-state index in [1.807, 2.05) is 55.5 Å². The van der Waals surface area contributed by atoms with Crippen LogP contribution in [-0.4, -0.2) is 35.2 Å².